The van der Waals surface area contributed by atoms with Crippen LogP contribution in [0.2, 0.25) is 0 Å². The quantitative estimate of drug-likeness (QED) is 0.482. The van der Waals surface area contributed by atoms with Gasteiger partial charge < -0.3 is 4.74 Å². The molecule has 0 bridgehead atoms. The van der Waals surface area contributed by atoms with Gasteiger partial charge >= 0.3 is 0 Å². The van der Waals surface area contributed by atoms with Gasteiger partial charge in [0.05, 0.1) is 6.20 Å². The van der Waals surface area contributed by atoms with Gasteiger partial charge in [-0.05, 0) is 0 Å². The van der Waals surface area contributed by atoms with Crippen molar-refractivity contribution in [2.45, 2.75) is 0 Å². The van der Waals surface area contributed by atoms with Gasteiger partial charge in [-0.1, -0.05) is 0 Å². The van der Waals surface area contributed by atoms with Gasteiger partial charge in [-0.3, -0.25) is 0 Å². The summed E-state index contributed by atoms with van der Waals surface area (Å²) in [7, 11) is -2.48. The monoisotopic (exact) mass is 135 g/mol. The lowest BCUT2D eigenvalue weighted by Gasteiger charge is -2.00. The number of nitrogens with zero attached hydrogens (tertiary/aromatic N) is 1. The lowest BCUT2D eigenvalue weighted by Crippen LogP contribution is -2.11. The average Bonchev–Trinajstić information content (AvgIpc) is 2.12. The first-order valence-electron chi connectivity index (χ1n) is 2.00. The molecule has 1 heterocycles. The lowest BCUT2D eigenvalue weighted by atomic mass is 11.0. The highest BCUT2D eigenvalue weighted by molar-refractivity contribution is 7.70. The first-order chi connectivity index (χ1) is 3.80. The maximum atomic E-state index is 10.0. The summed E-state index contributed by atoms with van der Waals surface area (Å²) < 4.78 is 25.7. The van der Waals surface area contributed by atoms with Crippen LogP contribution in [-0.2, 0) is 15.6 Å². The summed E-state index contributed by atoms with van der Waals surface area (Å²) in [5.74, 6) is 0. The Morgan fingerprint density at radius 1 is 1.62 bits per heavy atom. The molecule has 0 saturated heterocycles. The van der Waals surface area contributed by atoms with Crippen molar-refractivity contribution in [1.29, 1.82) is 0 Å². The zero-order valence-corrected chi connectivity index (χ0v) is 4.88. The Hall–Kier alpha value is -0.710. The molecule has 0 aromatic rings. The zero-order valence-electron chi connectivity index (χ0n) is 3.98. The molecule has 4 nitrogen and oxygen atoms in total. The molecule has 0 fully saturated rings. The molecule has 0 aromatic heterocycles. The summed E-state index contributed by atoms with van der Waals surface area (Å²) >= 11 is 0. The van der Waals surface area contributed by atoms with E-state index in [4.69, 9.17) is 0 Å². The molecule has 1 rings (SSSR count). The lowest BCUT2D eigenvalue weighted by molar-refractivity contribution is 0.223. The van der Waals surface area contributed by atoms with Gasteiger partial charge in [0.25, 0.3) is 0 Å². The molecule has 0 N–H and O–H groups in total. The van der Waals surface area contributed by atoms with Crippen molar-refractivity contribution < 1.29 is 13.2 Å². The normalized spacial score (nSPS) is 17.4. The number of ether oxygens (including phenoxy) is 1. The van der Waals surface area contributed by atoms with Crippen LogP contribution in [0.25, 0.3) is 0 Å². The van der Waals surface area contributed by atoms with Crippen LogP contribution in [0.1, 0.15) is 0 Å². The Labute approximate surface area is 48.4 Å². The van der Waals surface area contributed by atoms with Crippen LogP contribution in [0.5, 0.6) is 0 Å². The molecular formula is C3H5NO3S. The van der Waals surface area contributed by atoms with E-state index in [0.29, 0.717) is 0 Å². The van der Waals surface area contributed by atoms with E-state index in [2.05, 4.69) is 4.74 Å². The highest BCUT2D eigenvalue weighted by Gasteiger charge is 2.03. The second kappa shape index (κ2) is 2.04. The molecule has 5 heteroatoms. The summed E-state index contributed by atoms with van der Waals surface area (Å²) in [6.07, 6.45) is 2.71. The highest BCUT2D eigenvalue weighted by atomic mass is 32.2. The summed E-state index contributed by atoms with van der Waals surface area (Å²) in [6, 6.07) is 0. The van der Waals surface area contributed by atoms with E-state index >= 15 is 0 Å². The van der Waals surface area contributed by atoms with Crippen molar-refractivity contribution in [3.05, 3.63) is 12.5 Å². The van der Waals surface area contributed by atoms with Crippen LogP contribution >= 0.6 is 0 Å². The van der Waals surface area contributed by atoms with Gasteiger partial charge in [-0.15, -0.1) is 0 Å². The summed E-state index contributed by atoms with van der Waals surface area (Å²) in [5, 5.41) is 0. The van der Waals surface area contributed by atoms with Crippen molar-refractivity contribution in [3.8, 4) is 0 Å². The molecule has 0 atom stereocenters. The van der Waals surface area contributed by atoms with Crippen molar-refractivity contribution in [2.75, 3.05) is 6.73 Å². The molecule has 0 aromatic carbocycles. The van der Waals surface area contributed by atoms with Crippen LogP contribution in [0.3, 0.4) is 0 Å². The number of hydrogen-bond acceptors (Lipinski definition) is 3. The maximum Gasteiger partial charge on any atom is 0.227 e. The number of hydrogen-bond donors (Lipinski definition) is 1. The van der Waals surface area contributed by atoms with Gasteiger partial charge in [0.1, 0.15) is 6.26 Å². The standard InChI is InChI=1S/C3H5NO3S/c5-8(6)4-1-2-7-3-4/h1-2,8H,3H2. The third-order valence-corrected chi connectivity index (χ3v) is 1.41. The molecule has 0 unspecified atom stereocenters. The fourth-order valence-corrected chi connectivity index (χ4v) is 0.702. The maximum absolute atomic E-state index is 10.0. The van der Waals surface area contributed by atoms with Crippen LogP contribution in [0.15, 0.2) is 12.5 Å². The predicted molar refractivity (Wildman–Crippen MR) is 27.2 cm³/mol. The Bertz CT molecular complexity index is 165. The Kier molecular flexibility index (Phi) is 1.38. The van der Waals surface area contributed by atoms with Gasteiger partial charge in [-0.2, -0.15) is 0 Å². The molecule has 0 spiro atoms. The van der Waals surface area contributed by atoms with Crippen LogP contribution < -0.4 is 0 Å². The smallest absolute Gasteiger partial charge is 0.227 e. The van der Waals surface area contributed by atoms with E-state index in [0.717, 1.165) is 4.31 Å². The zero-order chi connectivity index (χ0) is 5.98. The van der Waals surface area contributed by atoms with E-state index in [1.165, 1.54) is 12.5 Å². The van der Waals surface area contributed by atoms with Gasteiger partial charge in [-0.25, -0.2) is 12.7 Å². The van der Waals surface area contributed by atoms with Crippen LogP contribution in [0.4, 0.5) is 0 Å². The van der Waals surface area contributed by atoms with Crippen molar-refractivity contribution in [3.63, 3.8) is 0 Å². The predicted octanol–water partition coefficient (Wildman–Crippen LogP) is -0.726. The van der Waals surface area contributed by atoms with E-state index in [-0.39, 0.29) is 6.73 Å². The third-order valence-electron chi connectivity index (χ3n) is 0.746. The van der Waals surface area contributed by atoms with E-state index in [9.17, 15) is 8.42 Å². The molecule has 1 aliphatic heterocycles. The fourth-order valence-electron chi connectivity index (χ4n) is 0.377. The fraction of sp³-hybridized carbons (Fsp3) is 0.333. The molecule has 0 radical (unpaired) electrons. The second-order valence-corrected chi connectivity index (χ2v) is 2.25. The van der Waals surface area contributed by atoms with E-state index in [1.807, 2.05) is 0 Å². The Morgan fingerprint density at radius 2 is 2.38 bits per heavy atom. The first-order valence-corrected chi connectivity index (χ1v) is 3.13. The second-order valence-electron chi connectivity index (χ2n) is 1.26. The third kappa shape index (κ3) is 0.919. The minimum absolute atomic E-state index is 0.124. The van der Waals surface area contributed by atoms with E-state index < -0.39 is 10.9 Å². The highest BCUT2D eigenvalue weighted by Crippen LogP contribution is 1.98. The summed E-state index contributed by atoms with van der Waals surface area (Å²) in [5.41, 5.74) is 0. The minimum atomic E-state index is -2.48. The average molecular weight is 135 g/mol. The molecule has 0 amide bonds. The van der Waals surface area contributed by atoms with Crippen molar-refractivity contribution in [1.82, 2.24) is 4.31 Å². The van der Waals surface area contributed by atoms with E-state index in [1.54, 1.807) is 0 Å². The molecule has 0 aliphatic carbocycles. The number of rotatable bonds is 1. The molecular weight excluding hydrogens is 130 g/mol. The van der Waals surface area contributed by atoms with Crippen LogP contribution in [-0.4, -0.2) is 19.5 Å². The van der Waals surface area contributed by atoms with Gasteiger partial charge in [0.2, 0.25) is 10.9 Å². The minimum Gasteiger partial charge on any atom is -0.478 e. The molecule has 1 aliphatic rings. The van der Waals surface area contributed by atoms with Crippen molar-refractivity contribution in [2.24, 2.45) is 0 Å². The number of thiol groups is 1. The largest absolute Gasteiger partial charge is 0.478 e. The molecule has 8 heavy (non-hydrogen) atoms. The molecule has 0 saturated carbocycles. The van der Waals surface area contributed by atoms with Gasteiger partial charge in [0, 0.05) is 0 Å². The van der Waals surface area contributed by atoms with Crippen molar-refractivity contribution >= 4 is 10.9 Å². The Balaban J connectivity index is 2.61. The van der Waals surface area contributed by atoms with Crippen LogP contribution in [0, 0.1) is 0 Å². The molecule has 46 valence electrons. The Morgan fingerprint density at radius 3 is 2.62 bits per heavy atom. The SMILES string of the molecule is O=[SH](=O)N1C=COC1. The van der Waals surface area contributed by atoms with Gasteiger partial charge in [0.15, 0.2) is 6.73 Å². The summed E-state index contributed by atoms with van der Waals surface area (Å²) in [6.45, 7) is 0.124. The first kappa shape index (κ1) is 5.43. The topological polar surface area (TPSA) is 46.6 Å². The summed E-state index contributed by atoms with van der Waals surface area (Å²) in [4.78, 5) is 0.